The van der Waals surface area contributed by atoms with Gasteiger partial charge in [0.25, 0.3) is 6.71 Å². The smallest absolute Gasteiger partial charge is 0.258 e. The SMILES string of the molecule is [2H]c1c([2H])c([2H])c(N(c2ccccc2)c2cc3c(c4sc5ccccc5c24)B2c4ccc(N(c5ccccc5)c5ccccc5)cc4N(c4c(-c5ccccc5)cccc4-c4ccccc4)c4cc(-n5c6ccc(C(C)(C)C)cc6c6cc(C(C)(C)C)ccc65)cc(c42)O3)c([2H])c1[2H]. The van der Waals surface area contributed by atoms with Crippen molar-refractivity contribution in [2.45, 2.75) is 52.4 Å². The van der Waals surface area contributed by atoms with Crippen LogP contribution in [0, 0.1) is 0 Å². The lowest BCUT2D eigenvalue weighted by Crippen LogP contribution is -2.59. The van der Waals surface area contributed by atoms with Gasteiger partial charge >= 0.3 is 0 Å². The molecule has 0 amide bonds. The number of hydrogen-bond donors (Lipinski definition) is 0. The second-order valence-corrected chi connectivity index (χ2v) is 27.5. The Morgan fingerprint density at radius 3 is 1.53 bits per heavy atom. The second-order valence-electron chi connectivity index (χ2n) is 26.5. The van der Waals surface area contributed by atoms with Gasteiger partial charge in [-0.2, -0.15) is 0 Å². The number of thiophene rings is 1. The van der Waals surface area contributed by atoms with E-state index in [0.717, 1.165) is 120 Å². The number of anilines is 9. The van der Waals surface area contributed by atoms with Crippen LogP contribution in [0.15, 0.2) is 297 Å². The molecule has 5 nitrogen and oxygen atoms in total. The van der Waals surface area contributed by atoms with Crippen molar-refractivity contribution >= 4 is 128 Å². The predicted molar refractivity (Wildman–Crippen MR) is 397 cm³/mol. The van der Waals surface area contributed by atoms with Gasteiger partial charge in [0, 0.05) is 94.0 Å². The third-order valence-electron chi connectivity index (χ3n) is 18.8. The summed E-state index contributed by atoms with van der Waals surface area (Å²) >= 11 is 1.69. The Morgan fingerprint density at radius 2 is 0.957 bits per heavy atom. The number of rotatable bonds is 10. The van der Waals surface area contributed by atoms with Crippen LogP contribution in [0.1, 0.15) is 59.5 Å². The van der Waals surface area contributed by atoms with E-state index in [4.69, 9.17) is 8.85 Å². The Balaban J connectivity index is 1.05. The summed E-state index contributed by atoms with van der Waals surface area (Å²) in [5, 5.41) is 4.16. The number of ether oxygens (including phenoxy) is 1. The average Bonchev–Trinajstić information content (AvgIpc) is 1.14. The molecule has 0 N–H and O–H groups in total. The molecule has 15 aromatic rings. The highest BCUT2D eigenvalue weighted by atomic mass is 32.1. The summed E-state index contributed by atoms with van der Waals surface area (Å²) in [5.74, 6) is 1.25. The fourth-order valence-electron chi connectivity index (χ4n) is 14.4. The lowest BCUT2D eigenvalue weighted by atomic mass is 9.34. The summed E-state index contributed by atoms with van der Waals surface area (Å²) in [5.41, 5.74) is 19.7. The van der Waals surface area contributed by atoms with E-state index in [9.17, 15) is 2.74 Å². The number of nitrogens with zero attached hydrogens (tertiary/aromatic N) is 4. The quantitative estimate of drug-likeness (QED) is 0.127. The van der Waals surface area contributed by atoms with E-state index < -0.39 is 24.8 Å². The molecule has 446 valence electrons. The third kappa shape index (κ3) is 9.35. The number of hydrogen-bond acceptors (Lipinski definition) is 5. The molecule has 0 aliphatic carbocycles. The van der Waals surface area contributed by atoms with E-state index in [1.54, 1.807) is 11.3 Å². The van der Waals surface area contributed by atoms with Gasteiger partial charge in [-0.15, -0.1) is 11.3 Å². The zero-order chi connectivity index (χ0) is 67.0. The van der Waals surface area contributed by atoms with E-state index in [1.807, 2.05) is 35.2 Å². The van der Waals surface area contributed by atoms with Crippen LogP contribution in [0.2, 0.25) is 0 Å². The topological polar surface area (TPSA) is 23.9 Å². The summed E-state index contributed by atoms with van der Waals surface area (Å²) in [4.78, 5) is 6.74. The molecule has 2 aromatic heterocycles. The molecule has 2 aliphatic rings. The average molecular weight is 1220 g/mol. The minimum Gasteiger partial charge on any atom is -0.458 e. The fourth-order valence-corrected chi connectivity index (χ4v) is 15.7. The second kappa shape index (κ2) is 21.9. The lowest BCUT2D eigenvalue weighted by molar-refractivity contribution is 0.488. The Hall–Kier alpha value is -10.9. The molecule has 0 fully saturated rings. The molecule has 93 heavy (non-hydrogen) atoms. The zero-order valence-electron chi connectivity index (χ0n) is 57.6. The van der Waals surface area contributed by atoms with Crippen LogP contribution in [0.25, 0.3) is 69.9 Å². The maximum atomic E-state index is 9.68. The molecular formula is C86H67BN4OS. The van der Waals surface area contributed by atoms with Gasteiger partial charge in [-0.3, -0.25) is 0 Å². The molecule has 0 saturated heterocycles. The molecule has 0 atom stereocenters. The van der Waals surface area contributed by atoms with Crippen molar-refractivity contribution in [2.75, 3.05) is 14.7 Å². The predicted octanol–water partition coefficient (Wildman–Crippen LogP) is 22.4. The van der Waals surface area contributed by atoms with Gasteiger partial charge in [-0.1, -0.05) is 230 Å². The van der Waals surface area contributed by atoms with Crippen LogP contribution in [-0.2, 0) is 10.8 Å². The molecule has 2 aliphatic heterocycles. The Morgan fingerprint density at radius 1 is 0.430 bits per heavy atom. The number of fused-ring (bicyclic) bond motifs is 11. The normalized spacial score (nSPS) is 13.4. The summed E-state index contributed by atoms with van der Waals surface area (Å²) in [7, 11) is 0. The van der Waals surface area contributed by atoms with Crippen LogP contribution in [0.5, 0.6) is 11.5 Å². The Bertz CT molecular complexity index is 5520. The van der Waals surface area contributed by atoms with Gasteiger partial charge in [0.05, 0.1) is 34.9 Å². The van der Waals surface area contributed by atoms with Crippen LogP contribution >= 0.6 is 11.3 Å². The van der Waals surface area contributed by atoms with Gasteiger partial charge < -0.3 is 24.0 Å². The van der Waals surface area contributed by atoms with Crippen molar-refractivity contribution in [1.82, 2.24) is 4.57 Å². The molecule has 0 radical (unpaired) electrons. The highest BCUT2D eigenvalue weighted by Gasteiger charge is 2.46. The largest absolute Gasteiger partial charge is 0.458 e. The highest BCUT2D eigenvalue weighted by Crippen LogP contribution is 2.54. The van der Waals surface area contributed by atoms with Crippen LogP contribution in [0.4, 0.5) is 51.2 Å². The van der Waals surface area contributed by atoms with Gasteiger partial charge in [0.15, 0.2) is 0 Å². The van der Waals surface area contributed by atoms with Crippen LogP contribution < -0.4 is 35.8 Å². The summed E-state index contributed by atoms with van der Waals surface area (Å²) in [6.45, 7) is 13.2. The first-order valence-corrected chi connectivity index (χ1v) is 32.8. The van der Waals surface area contributed by atoms with Gasteiger partial charge in [0.2, 0.25) is 0 Å². The monoisotopic (exact) mass is 1220 g/mol. The van der Waals surface area contributed by atoms with Crippen molar-refractivity contribution in [3.05, 3.63) is 308 Å². The zero-order valence-corrected chi connectivity index (χ0v) is 53.4. The fraction of sp³-hybridized carbons (Fsp3) is 0.0930. The van der Waals surface area contributed by atoms with E-state index in [2.05, 4.69) is 292 Å². The Labute approximate surface area is 555 Å². The minimum atomic E-state index is -0.460. The van der Waals surface area contributed by atoms with Crippen molar-refractivity contribution < 1.29 is 11.6 Å². The summed E-state index contributed by atoms with van der Waals surface area (Å²) in [6, 6.07) is 93.3. The van der Waals surface area contributed by atoms with Crippen molar-refractivity contribution in [2.24, 2.45) is 0 Å². The maximum absolute atomic E-state index is 9.68. The molecule has 7 heteroatoms. The lowest BCUT2D eigenvalue weighted by Gasteiger charge is -2.42. The van der Waals surface area contributed by atoms with Gasteiger partial charge in [-0.25, -0.2) is 0 Å². The minimum absolute atomic E-state index is 0.0361. The van der Waals surface area contributed by atoms with E-state index in [0.29, 0.717) is 22.9 Å². The standard InChI is InChI=1S/C86H67BN4OS/c1-85(2,3)58-44-48-72-69(50-58)70-51-59(86(4,5)6)45-49-73(70)90(72)65-53-76-81-77(54-65)92-78-55-75(89(62-36-21-11-22-37-62)63-38-23-12-24-39-63)80-68-40-25-26-43-79(68)93-84(80)82(78)87(81)71-47-46-64(88(60-32-17-9-18-33-60)61-34-19-10-20-35-61)52-74(71)91(76)83-66(56-28-13-7-14-29-56)41-27-42-67(83)57-30-15-8-16-31-57/h7-55H,1-6H3/i11D,21D,22D,36D,37D. The molecule has 0 unspecified atom stereocenters. The molecule has 0 bridgehead atoms. The van der Waals surface area contributed by atoms with E-state index >= 15 is 0 Å². The number of benzene rings is 13. The van der Waals surface area contributed by atoms with E-state index in [-0.39, 0.29) is 28.6 Å². The Kier molecular flexibility index (Phi) is 12.0. The van der Waals surface area contributed by atoms with Crippen LogP contribution in [-0.4, -0.2) is 11.3 Å². The number of para-hydroxylation sites is 5. The number of aromatic nitrogens is 1. The molecule has 0 saturated carbocycles. The molecule has 17 rings (SSSR count). The molecule has 13 aromatic carbocycles. The third-order valence-corrected chi connectivity index (χ3v) is 20.0. The van der Waals surface area contributed by atoms with Crippen molar-refractivity contribution in [3.63, 3.8) is 0 Å². The first-order valence-electron chi connectivity index (χ1n) is 34.4. The van der Waals surface area contributed by atoms with Gasteiger partial charge in [-0.05, 0) is 146 Å². The first-order chi connectivity index (χ1) is 47.5. The van der Waals surface area contributed by atoms with Crippen molar-refractivity contribution in [1.29, 1.82) is 0 Å². The van der Waals surface area contributed by atoms with Crippen molar-refractivity contribution in [3.8, 4) is 39.4 Å². The van der Waals surface area contributed by atoms with E-state index in [1.165, 1.54) is 11.1 Å². The van der Waals surface area contributed by atoms with Crippen LogP contribution in [0.3, 0.4) is 0 Å². The highest BCUT2D eigenvalue weighted by molar-refractivity contribution is 7.28. The molecule has 0 spiro atoms. The first kappa shape index (κ1) is 50.8. The summed E-state index contributed by atoms with van der Waals surface area (Å²) < 4.78 is 58.8. The molecule has 4 heterocycles. The maximum Gasteiger partial charge on any atom is 0.258 e. The molecular weight excluding hydrogens is 1150 g/mol. The van der Waals surface area contributed by atoms with Gasteiger partial charge in [0.1, 0.15) is 11.5 Å². The summed E-state index contributed by atoms with van der Waals surface area (Å²) in [6.07, 6.45) is 0.